The highest BCUT2D eigenvalue weighted by Crippen LogP contribution is 2.32. The van der Waals surface area contributed by atoms with Gasteiger partial charge in [0.25, 0.3) is 5.56 Å². The molecule has 1 aliphatic rings. The van der Waals surface area contributed by atoms with Crippen LogP contribution in [0.1, 0.15) is 37.2 Å². The van der Waals surface area contributed by atoms with E-state index in [4.69, 9.17) is 0 Å². The van der Waals surface area contributed by atoms with E-state index in [1.807, 2.05) is 37.3 Å². The molecule has 3 heterocycles. The highest BCUT2D eigenvalue weighted by atomic mass is 32.2. The smallest absolute Gasteiger partial charge is 0.254 e. The summed E-state index contributed by atoms with van der Waals surface area (Å²) in [5, 5.41) is 4.64. The van der Waals surface area contributed by atoms with E-state index in [1.54, 1.807) is 22.4 Å². The number of rotatable bonds is 5. The van der Waals surface area contributed by atoms with E-state index >= 15 is 0 Å². The Balaban J connectivity index is 1.55. The van der Waals surface area contributed by atoms with Gasteiger partial charge in [0, 0.05) is 35.0 Å². The van der Waals surface area contributed by atoms with Gasteiger partial charge in [-0.1, -0.05) is 43.3 Å². The van der Waals surface area contributed by atoms with Gasteiger partial charge in [0.15, 0.2) is 5.16 Å². The summed E-state index contributed by atoms with van der Waals surface area (Å²) < 4.78 is 1.67. The van der Waals surface area contributed by atoms with Crippen LogP contribution in [0.2, 0.25) is 0 Å². The number of anilines is 1. The third-order valence-corrected chi connectivity index (χ3v) is 5.89. The molecule has 144 valence electrons. The van der Waals surface area contributed by atoms with E-state index in [0.29, 0.717) is 5.75 Å². The van der Waals surface area contributed by atoms with Gasteiger partial charge in [-0.15, -0.1) is 0 Å². The number of hydrogen-bond donors (Lipinski definition) is 1. The second-order valence-corrected chi connectivity index (χ2v) is 8.02. The molecule has 0 saturated carbocycles. The number of thioether (sulfide) groups is 1. The molecular weight excluding hydrogens is 372 g/mol. The van der Waals surface area contributed by atoms with Crippen LogP contribution >= 0.6 is 11.8 Å². The molecule has 2 aromatic heterocycles. The Morgan fingerprint density at radius 2 is 2.11 bits per heavy atom. The maximum atomic E-state index is 12.7. The summed E-state index contributed by atoms with van der Waals surface area (Å²) in [4.78, 5) is 34.4. The van der Waals surface area contributed by atoms with Crippen molar-refractivity contribution in [2.24, 2.45) is 0 Å². The van der Waals surface area contributed by atoms with Crippen LogP contribution in [-0.2, 0) is 11.2 Å². The zero-order valence-corrected chi connectivity index (χ0v) is 16.8. The van der Waals surface area contributed by atoms with E-state index in [-0.39, 0.29) is 23.9 Å². The Bertz CT molecular complexity index is 1110. The fourth-order valence-corrected chi connectivity index (χ4v) is 4.73. The van der Waals surface area contributed by atoms with Crippen molar-refractivity contribution in [3.8, 4) is 0 Å². The molecule has 1 aliphatic heterocycles. The minimum atomic E-state index is -0.176. The Labute approximate surface area is 167 Å². The van der Waals surface area contributed by atoms with Crippen LogP contribution in [0.5, 0.6) is 0 Å². The first kappa shape index (κ1) is 18.7. The van der Waals surface area contributed by atoms with Crippen LogP contribution in [0, 0.1) is 6.92 Å². The van der Waals surface area contributed by atoms with Gasteiger partial charge in [-0.2, -0.15) is 0 Å². The fourth-order valence-electron chi connectivity index (χ4n) is 3.56. The molecule has 0 spiro atoms. The van der Waals surface area contributed by atoms with E-state index < -0.39 is 0 Å². The predicted octanol–water partition coefficient (Wildman–Crippen LogP) is 3.73. The number of carbonyl (C=O) groups excluding carboxylic acids is 1. The van der Waals surface area contributed by atoms with E-state index in [1.165, 1.54) is 0 Å². The molecule has 4 rings (SSSR count). The highest BCUT2D eigenvalue weighted by molar-refractivity contribution is 7.99. The molecule has 0 aliphatic carbocycles. The number of carbonyl (C=O) groups is 1. The fraction of sp³-hybridized carbons (Fsp3) is 0.333. The Morgan fingerprint density at radius 1 is 1.29 bits per heavy atom. The molecule has 1 aromatic carbocycles. The molecule has 7 heteroatoms. The molecule has 1 unspecified atom stereocenters. The topological polar surface area (TPSA) is 76.9 Å². The molecule has 0 bridgehead atoms. The number of amides is 1. The first-order valence-electron chi connectivity index (χ1n) is 9.46. The zero-order chi connectivity index (χ0) is 19.7. The minimum absolute atomic E-state index is 0.0681. The summed E-state index contributed by atoms with van der Waals surface area (Å²) in [5.74, 6) is 0.570. The molecule has 0 fully saturated rings. The second kappa shape index (κ2) is 7.75. The molecular formula is C21H22N4O2S. The van der Waals surface area contributed by atoms with Gasteiger partial charge in [-0.05, 0) is 25.5 Å². The summed E-state index contributed by atoms with van der Waals surface area (Å²) in [6.07, 6.45) is 1.99. The molecule has 3 aromatic rings. The van der Waals surface area contributed by atoms with E-state index in [2.05, 4.69) is 22.2 Å². The molecule has 1 atom stereocenters. The number of hydrogen-bond acceptors (Lipinski definition) is 5. The predicted molar refractivity (Wildman–Crippen MR) is 112 cm³/mol. The van der Waals surface area contributed by atoms with Crippen LogP contribution in [0.3, 0.4) is 0 Å². The van der Waals surface area contributed by atoms with E-state index in [9.17, 15) is 9.59 Å². The molecule has 0 saturated heterocycles. The van der Waals surface area contributed by atoms with Crippen LogP contribution in [0.25, 0.3) is 10.9 Å². The molecule has 6 nitrogen and oxygen atoms in total. The summed E-state index contributed by atoms with van der Waals surface area (Å²) in [6, 6.07) is 11.0. The molecule has 0 radical (unpaired) electrons. The lowest BCUT2D eigenvalue weighted by molar-refractivity contribution is -0.116. The Kier molecular flexibility index (Phi) is 5.17. The van der Waals surface area contributed by atoms with Gasteiger partial charge in [0.1, 0.15) is 0 Å². The number of nitrogens with zero attached hydrogens (tertiary/aromatic N) is 3. The SMILES string of the molecule is CCCc1cc(=O)n2c(n1)SCC2CC(=O)Nc1cc(C)nc2ccccc12. The first-order valence-corrected chi connectivity index (χ1v) is 10.4. The van der Waals surface area contributed by atoms with Gasteiger partial charge < -0.3 is 5.32 Å². The molecule has 1 amide bonds. The number of nitrogens with one attached hydrogen (secondary N) is 1. The largest absolute Gasteiger partial charge is 0.325 e. The number of aryl methyl sites for hydroxylation is 2. The van der Waals surface area contributed by atoms with Crippen molar-refractivity contribution < 1.29 is 4.79 Å². The molecule has 1 N–H and O–H groups in total. The second-order valence-electron chi connectivity index (χ2n) is 7.03. The van der Waals surface area contributed by atoms with Gasteiger partial charge >= 0.3 is 0 Å². The number of aromatic nitrogens is 3. The van der Waals surface area contributed by atoms with Crippen molar-refractivity contribution in [3.05, 3.63) is 58.1 Å². The Hall–Kier alpha value is -2.67. The van der Waals surface area contributed by atoms with Gasteiger partial charge in [0.2, 0.25) is 5.91 Å². The number of fused-ring (bicyclic) bond motifs is 2. The van der Waals surface area contributed by atoms with Crippen LogP contribution in [-0.4, -0.2) is 26.2 Å². The quantitative estimate of drug-likeness (QED) is 0.667. The lowest BCUT2D eigenvalue weighted by atomic mass is 10.1. The van der Waals surface area contributed by atoms with Crippen molar-refractivity contribution in [1.82, 2.24) is 14.5 Å². The summed E-state index contributed by atoms with van der Waals surface area (Å²) in [7, 11) is 0. The zero-order valence-electron chi connectivity index (χ0n) is 15.9. The van der Waals surface area contributed by atoms with Crippen LogP contribution in [0.4, 0.5) is 5.69 Å². The van der Waals surface area contributed by atoms with Crippen LogP contribution in [0.15, 0.2) is 46.3 Å². The van der Waals surface area contributed by atoms with Crippen molar-refractivity contribution >= 4 is 34.3 Å². The Morgan fingerprint density at radius 3 is 2.93 bits per heavy atom. The number of pyridine rings is 1. The van der Waals surface area contributed by atoms with Crippen LogP contribution < -0.4 is 10.9 Å². The van der Waals surface area contributed by atoms with Crippen molar-refractivity contribution in [1.29, 1.82) is 0 Å². The third kappa shape index (κ3) is 3.67. The summed E-state index contributed by atoms with van der Waals surface area (Å²) in [6.45, 7) is 3.97. The number of benzene rings is 1. The average molecular weight is 395 g/mol. The lowest BCUT2D eigenvalue weighted by Crippen LogP contribution is -2.27. The maximum Gasteiger partial charge on any atom is 0.254 e. The van der Waals surface area contributed by atoms with Gasteiger partial charge in [-0.25, -0.2) is 4.98 Å². The maximum absolute atomic E-state index is 12.7. The summed E-state index contributed by atoms with van der Waals surface area (Å²) in [5.41, 5.74) is 3.21. The molecule has 28 heavy (non-hydrogen) atoms. The monoisotopic (exact) mass is 394 g/mol. The standard InChI is InChI=1S/C21H22N4O2S/c1-3-6-14-10-20(27)25-15(12-28-21(25)23-14)11-19(26)24-18-9-13(2)22-17-8-5-4-7-16(17)18/h4-5,7-10,15H,3,6,11-12H2,1-2H3,(H,22,24,26). The van der Waals surface area contributed by atoms with Crippen molar-refractivity contribution in [2.45, 2.75) is 44.3 Å². The normalized spacial score (nSPS) is 15.6. The first-order chi connectivity index (χ1) is 13.5. The highest BCUT2D eigenvalue weighted by Gasteiger charge is 2.27. The van der Waals surface area contributed by atoms with Gasteiger partial charge in [-0.3, -0.25) is 19.1 Å². The van der Waals surface area contributed by atoms with Crippen molar-refractivity contribution in [2.75, 3.05) is 11.1 Å². The van der Waals surface area contributed by atoms with Gasteiger partial charge in [0.05, 0.1) is 17.2 Å². The lowest BCUT2D eigenvalue weighted by Gasteiger charge is -2.14. The van der Waals surface area contributed by atoms with Crippen molar-refractivity contribution in [3.63, 3.8) is 0 Å². The summed E-state index contributed by atoms with van der Waals surface area (Å²) >= 11 is 1.55. The number of para-hydroxylation sites is 1. The van der Waals surface area contributed by atoms with E-state index in [0.717, 1.165) is 46.0 Å². The minimum Gasteiger partial charge on any atom is -0.325 e. The average Bonchev–Trinajstić information content (AvgIpc) is 3.05. The third-order valence-electron chi connectivity index (χ3n) is 4.79.